The second-order valence-corrected chi connectivity index (χ2v) is 7.93. The number of benzene rings is 2. The van der Waals surface area contributed by atoms with Crippen LogP contribution >= 0.6 is 0 Å². The van der Waals surface area contributed by atoms with Crippen molar-refractivity contribution in [2.45, 2.75) is 51.0 Å². The molecule has 0 saturated carbocycles. The average molecular weight is 397 g/mol. The predicted molar refractivity (Wildman–Crippen MR) is 120 cm³/mol. The Kier molecular flexibility index (Phi) is 8.84. The van der Waals surface area contributed by atoms with Gasteiger partial charge >= 0.3 is 0 Å². The van der Waals surface area contributed by atoms with Crippen molar-refractivity contribution in [2.24, 2.45) is 0 Å². The minimum Gasteiger partial charge on any atom is -0.493 e. The molecular formula is C25H36N2O2. The normalized spacial score (nSPS) is 13.4. The maximum Gasteiger partial charge on any atom is 0.160 e. The Bertz CT molecular complexity index is 722. The molecule has 0 unspecified atom stereocenters. The van der Waals surface area contributed by atoms with E-state index in [0.29, 0.717) is 6.04 Å². The molecule has 0 bridgehead atoms. The summed E-state index contributed by atoms with van der Waals surface area (Å²) in [7, 11) is 3.35. The Hall–Kier alpha value is -2.04. The van der Waals surface area contributed by atoms with E-state index in [1.165, 1.54) is 55.2 Å². The van der Waals surface area contributed by atoms with Crippen LogP contribution in [0.25, 0.3) is 0 Å². The molecular weight excluding hydrogens is 360 g/mol. The number of hydrogen-bond acceptors (Lipinski definition) is 4. The Morgan fingerprint density at radius 1 is 0.793 bits per heavy atom. The number of nitrogens with one attached hydrogen (secondary N) is 2. The average Bonchev–Trinajstić information content (AvgIpc) is 3.17. The summed E-state index contributed by atoms with van der Waals surface area (Å²) < 4.78 is 10.7. The third-order valence-electron chi connectivity index (χ3n) is 5.80. The fraction of sp³-hybridized carbons (Fsp3) is 0.520. The van der Waals surface area contributed by atoms with Crippen LogP contribution in [-0.4, -0.2) is 39.9 Å². The van der Waals surface area contributed by atoms with Crippen LogP contribution in [0, 0.1) is 0 Å². The molecule has 2 N–H and O–H groups in total. The topological polar surface area (TPSA) is 42.5 Å². The lowest BCUT2D eigenvalue weighted by atomic mass is 10.1. The number of rotatable bonds is 13. The molecule has 3 rings (SSSR count). The standard InChI is InChI=1S/C25H36N2O2/c1-28-24-12-11-20(17-25(24)29-2)13-16-26-14-7-3-4-8-15-27-23-18-21-9-5-6-10-22(21)19-23/h5-6,9-12,17,23,26-27H,3-4,7-8,13-16,18-19H2,1-2H3. The van der Waals surface area contributed by atoms with E-state index in [1.807, 2.05) is 6.07 Å². The molecule has 1 aliphatic carbocycles. The molecule has 0 atom stereocenters. The molecule has 4 heteroatoms. The molecule has 0 spiro atoms. The van der Waals surface area contributed by atoms with Gasteiger partial charge in [0.25, 0.3) is 0 Å². The predicted octanol–water partition coefficient (Wildman–Crippen LogP) is 4.15. The molecule has 0 radical (unpaired) electrons. The second-order valence-electron chi connectivity index (χ2n) is 7.93. The molecule has 0 heterocycles. The van der Waals surface area contributed by atoms with Gasteiger partial charge in [-0.15, -0.1) is 0 Å². The van der Waals surface area contributed by atoms with Crippen LogP contribution in [0.4, 0.5) is 0 Å². The van der Waals surface area contributed by atoms with Gasteiger partial charge in [0.05, 0.1) is 14.2 Å². The van der Waals surface area contributed by atoms with Gasteiger partial charge in [0.2, 0.25) is 0 Å². The molecule has 0 aromatic heterocycles. The summed E-state index contributed by atoms with van der Waals surface area (Å²) in [6, 6.07) is 15.7. The van der Waals surface area contributed by atoms with E-state index < -0.39 is 0 Å². The maximum absolute atomic E-state index is 5.37. The lowest BCUT2D eigenvalue weighted by Crippen LogP contribution is -2.30. The highest BCUT2D eigenvalue weighted by molar-refractivity contribution is 5.43. The lowest BCUT2D eigenvalue weighted by Gasteiger charge is -2.12. The summed E-state index contributed by atoms with van der Waals surface area (Å²) in [4.78, 5) is 0. The third kappa shape index (κ3) is 6.76. The van der Waals surface area contributed by atoms with E-state index >= 15 is 0 Å². The van der Waals surface area contributed by atoms with E-state index in [2.05, 4.69) is 47.0 Å². The van der Waals surface area contributed by atoms with E-state index in [4.69, 9.17) is 9.47 Å². The highest BCUT2D eigenvalue weighted by atomic mass is 16.5. The monoisotopic (exact) mass is 396 g/mol. The highest BCUT2D eigenvalue weighted by Gasteiger charge is 2.19. The second kappa shape index (κ2) is 11.8. The summed E-state index contributed by atoms with van der Waals surface area (Å²) in [5.41, 5.74) is 4.34. The molecule has 158 valence electrons. The van der Waals surface area contributed by atoms with Gasteiger partial charge in [0, 0.05) is 6.04 Å². The van der Waals surface area contributed by atoms with Crippen LogP contribution in [0.1, 0.15) is 42.4 Å². The molecule has 2 aromatic carbocycles. The van der Waals surface area contributed by atoms with Crippen LogP contribution in [0.3, 0.4) is 0 Å². The first kappa shape index (κ1) is 21.7. The Morgan fingerprint density at radius 3 is 2.17 bits per heavy atom. The first-order valence-corrected chi connectivity index (χ1v) is 11.0. The van der Waals surface area contributed by atoms with Gasteiger partial charge < -0.3 is 20.1 Å². The Balaban J connectivity index is 1.17. The van der Waals surface area contributed by atoms with Gasteiger partial charge in [0.15, 0.2) is 11.5 Å². The summed E-state index contributed by atoms with van der Waals surface area (Å²) in [6.45, 7) is 3.24. The van der Waals surface area contributed by atoms with Crippen LogP contribution in [0.5, 0.6) is 11.5 Å². The van der Waals surface area contributed by atoms with Crippen molar-refractivity contribution in [3.05, 3.63) is 59.2 Å². The quantitative estimate of drug-likeness (QED) is 0.499. The largest absolute Gasteiger partial charge is 0.493 e. The van der Waals surface area contributed by atoms with E-state index in [9.17, 15) is 0 Å². The van der Waals surface area contributed by atoms with Crippen LogP contribution in [-0.2, 0) is 19.3 Å². The van der Waals surface area contributed by atoms with E-state index in [1.54, 1.807) is 14.2 Å². The van der Waals surface area contributed by atoms with E-state index in [0.717, 1.165) is 37.6 Å². The van der Waals surface area contributed by atoms with Crippen molar-refractivity contribution in [3.63, 3.8) is 0 Å². The zero-order valence-corrected chi connectivity index (χ0v) is 18.0. The maximum atomic E-state index is 5.37. The van der Waals surface area contributed by atoms with Crippen LogP contribution in [0.15, 0.2) is 42.5 Å². The van der Waals surface area contributed by atoms with Gasteiger partial charge in [-0.05, 0) is 80.6 Å². The van der Waals surface area contributed by atoms with Crippen molar-refractivity contribution >= 4 is 0 Å². The zero-order valence-electron chi connectivity index (χ0n) is 18.0. The molecule has 0 amide bonds. The van der Waals surface area contributed by atoms with Crippen molar-refractivity contribution in [3.8, 4) is 11.5 Å². The summed E-state index contributed by atoms with van der Waals surface area (Å²) in [6.07, 6.45) is 8.54. The summed E-state index contributed by atoms with van der Waals surface area (Å²) >= 11 is 0. The van der Waals surface area contributed by atoms with Crippen LogP contribution < -0.4 is 20.1 Å². The van der Waals surface area contributed by atoms with Gasteiger partial charge in [0.1, 0.15) is 0 Å². The van der Waals surface area contributed by atoms with Crippen LogP contribution in [0.2, 0.25) is 0 Å². The fourth-order valence-corrected chi connectivity index (χ4v) is 4.13. The Labute approximate surface area is 176 Å². The number of fused-ring (bicyclic) bond motifs is 1. The van der Waals surface area contributed by atoms with Gasteiger partial charge in [-0.3, -0.25) is 0 Å². The molecule has 0 aliphatic heterocycles. The molecule has 4 nitrogen and oxygen atoms in total. The first-order chi connectivity index (χ1) is 14.3. The highest BCUT2D eigenvalue weighted by Crippen LogP contribution is 2.27. The van der Waals surface area contributed by atoms with Crippen molar-refractivity contribution in [1.82, 2.24) is 10.6 Å². The van der Waals surface area contributed by atoms with Crippen molar-refractivity contribution in [1.29, 1.82) is 0 Å². The number of hydrogen-bond donors (Lipinski definition) is 2. The zero-order chi connectivity index (χ0) is 20.3. The smallest absolute Gasteiger partial charge is 0.160 e. The van der Waals surface area contributed by atoms with Crippen molar-refractivity contribution < 1.29 is 9.47 Å². The van der Waals surface area contributed by atoms with Gasteiger partial charge in [-0.25, -0.2) is 0 Å². The number of methoxy groups -OCH3 is 2. The lowest BCUT2D eigenvalue weighted by molar-refractivity contribution is 0.354. The number of ether oxygens (including phenoxy) is 2. The summed E-state index contributed by atoms with van der Waals surface area (Å²) in [5.74, 6) is 1.59. The molecule has 29 heavy (non-hydrogen) atoms. The summed E-state index contributed by atoms with van der Waals surface area (Å²) in [5, 5.41) is 7.30. The van der Waals surface area contributed by atoms with Crippen molar-refractivity contribution in [2.75, 3.05) is 33.9 Å². The minimum atomic E-state index is 0.644. The minimum absolute atomic E-state index is 0.644. The molecule has 2 aromatic rings. The fourth-order valence-electron chi connectivity index (χ4n) is 4.13. The first-order valence-electron chi connectivity index (χ1n) is 11.0. The molecule has 0 saturated heterocycles. The SMILES string of the molecule is COc1ccc(CCNCCCCCCNC2Cc3ccccc3C2)cc1OC. The molecule has 1 aliphatic rings. The Morgan fingerprint density at radius 2 is 1.48 bits per heavy atom. The van der Waals surface area contributed by atoms with Gasteiger partial charge in [-0.2, -0.15) is 0 Å². The van der Waals surface area contributed by atoms with Gasteiger partial charge in [-0.1, -0.05) is 43.2 Å². The molecule has 0 fully saturated rings. The number of unbranched alkanes of at least 4 members (excludes halogenated alkanes) is 3. The van der Waals surface area contributed by atoms with E-state index in [-0.39, 0.29) is 0 Å². The third-order valence-corrected chi connectivity index (χ3v) is 5.80.